The normalized spacial score (nSPS) is 10.4. The van der Waals surface area contributed by atoms with Crippen LogP contribution in [0.15, 0.2) is 47.6 Å². The standard InChI is InChI=1S/C19H23N3O3S/c1-4-11-25-18-12-14(9-10-17(18)24-3)13-20-22-19(26)21-15-7-5-6-8-16(15)23-2/h5-10,12-13H,4,11H2,1-3H3,(H2,21,22,26)/b20-13-. The first kappa shape index (κ1) is 19.5. The number of benzene rings is 2. The van der Waals surface area contributed by atoms with Gasteiger partial charge in [-0.1, -0.05) is 19.1 Å². The summed E-state index contributed by atoms with van der Waals surface area (Å²) >= 11 is 5.25. The van der Waals surface area contributed by atoms with Crippen molar-refractivity contribution in [3.8, 4) is 17.2 Å². The molecule has 0 bridgehead atoms. The van der Waals surface area contributed by atoms with Gasteiger partial charge < -0.3 is 19.5 Å². The van der Waals surface area contributed by atoms with Gasteiger partial charge in [0.1, 0.15) is 5.75 Å². The Kier molecular flexibility index (Phi) is 7.70. The third-order valence-corrected chi connectivity index (χ3v) is 3.58. The van der Waals surface area contributed by atoms with Crippen LogP contribution in [-0.2, 0) is 0 Å². The van der Waals surface area contributed by atoms with Gasteiger partial charge in [0.25, 0.3) is 0 Å². The molecular weight excluding hydrogens is 350 g/mol. The number of nitrogens with one attached hydrogen (secondary N) is 2. The first-order chi connectivity index (χ1) is 12.7. The summed E-state index contributed by atoms with van der Waals surface area (Å²) in [7, 11) is 3.22. The summed E-state index contributed by atoms with van der Waals surface area (Å²) in [6.07, 6.45) is 2.58. The van der Waals surface area contributed by atoms with Crippen LogP contribution in [-0.4, -0.2) is 32.2 Å². The number of methoxy groups -OCH3 is 2. The van der Waals surface area contributed by atoms with Crippen LogP contribution >= 0.6 is 12.2 Å². The SMILES string of the molecule is CCCOc1cc(/C=N\NC(=S)Nc2ccccc2OC)ccc1OC. The zero-order chi connectivity index (χ0) is 18.8. The van der Waals surface area contributed by atoms with Gasteiger partial charge in [-0.05, 0) is 54.5 Å². The van der Waals surface area contributed by atoms with Crippen LogP contribution in [0.4, 0.5) is 5.69 Å². The third kappa shape index (κ3) is 5.63. The Hall–Kier alpha value is -2.80. The lowest BCUT2D eigenvalue weighted by molar-refractivity contribution is 0.294. The highest BCUT2D eigenvalue weighted by molar-refractivity contribution is 7.80. The van der Waals surface area contributed by atoms with E-state index in [1.807, 2.05) is 42.5 Å². The van der Waals surface area contributed by atoms with Crippen molar-refractivity contribution in [2.45, 2.75) is 13.3 Å². The van der Waals surface area contributed by atoms with Crippen LogP contribution in [0.5, 0.6) is 17.2 Å². The van der Waals surface area contributed by atoms with Gasteiger partial charge in [-0.3, -0.25) is 5.43 Å². The van der Waals surface area contributed by atoms with Crippen LogP contribution in [0, 0.1) is 0 Å². The van der Waals surface area contributed by atoms with Gasteiger partial charge >= 0.3 is 0 Å². The minimum atomic E-state index is 0.363. The summed E-state index contributed by atoms with van der Waals surface area (Å²) in [6.45, 7) is 2.68. The molecule has 0 atom stereocenters. The predicted octanol–water partition coefficient (Wildman–Crippen LogP) is 3.81. The minimum absolute atomic E-state index is 0.363. The lowest BCUT2D eigenvalue weighted by Crippen LogP contribution is -2.24. The molecule has 0 aliphatic rings. The molecule has 0 saturated heterocycles. The largest absolute Gasteiger partial charge is 0.495 e. The fourth-order valence-electron chi connectivity index (χ4n) is 2.16. The van der Waals surface area contributed by atoms with E-state index < -0.39 is 0 Å². The molecule has 7 heteroatoms. The second-order valence-electron chi connectivity index (χ2n) is 5.28. The number of nitrogens with zero attached hydrogens (tertiary/aromatic N) is 1. The van der Waals surface area contributed by atoms with Crippen molar-refractivity contribution in [2.24, 2.45) is 5.10 Å². The molecule has 0 aliphatic carbocycles. The van der Waals surface area contributed by atoms with E-state index in [-0.39, 0.29) is 0 Å². The molecule has 0 amide bonds. The van der Waals surface area contributed by atoms with E-state index in [1.54, 1.807) is 20.4 Å². The number of thiocarbonyl (C=S) groups is 1. The number of anilines is 1. The first-order valence-corrected chi connectivity index (χ1v) is 8.62. The molecule has 2 rings (SSSR count). The second kappa shape index (κ2) is 10.2. The molecule has 2 N–H and O–H groups in total. The minimum Gasteiger partial charge on any atom is -0.495 e. The monoisotopic (exact) mass is 373 g/mol. The van der Waals surface area contributed by atoms with Crippen molar-refractivity contribution in [1.29, 1.82) is 0 Å². The highest BCUT2D eigenvalue weighted by Gasteiger charge is 2.05. The fourth-order valence-corrected chi connectivity index (χ4v) is 2.32. The second-order valence-corrected chi connectivity index (χ2v) is 5.69. The summed E-state index contributed by atoms with van der Waals surface area (Å²) in [6, 6.07) is 13.1. The average molecular weight is 373 g/mol. The summed E-state index contributed by atoms with van der Waals surface area (Å²) in [5, 5.41) is 7.56. The highest BCUT2D eigenvalue weighted by atomic mass is 32.1. The van der Waals surface area contributed by atoms with Gasteiger partial charge in [-0.15, -0.1) is 0 Å². The van der Waals surface area contributed by atoms with E-state index in [9.17, 15) is 0 Å². The smallest absolute Gasteiger partial charge is 0.191 e. The van der Waals surface area contributed by atoms with Gasteiger partial charge in [0.2, 0.25) is 0 Å². The maximum absolute atomic E-state index is 5.69. The van der Waals surface area contributed by atoms with E-state index in [2.05, 4.69) is 22.8 Å². The molecule has 138 valence electrons. The summed E-state index contributed by atoms with van der Waals surface area (Å²) in [5.74, 6) is 2.08. The van der Waals surface area contributed by atoms with E-state index in [0.717, 1.165) is 17.7 Å². The molecule has 0 fully saturated rings. The van der Waals surface area contributed by atoms with Crippen molar-refractivity contribution >= 4 is 29.2 Å². The van der Waals surface area contributed by atoms with Gasteiger partial charge in [0, 0.05) is 0 Å². The fraction of sp³-hybridized carbons (Fsp3) is 0.263. The van der Waals surface area contributed by atoms with Gasteiger partial charge in [-0.2, -0.15) is 5.10 Å². The lowest BCUT2D eigenvalue weighted by atomic mass is 10.2. The summed E-state index contributed by atoms with van der Waals surface area (Å²) < 4.78 is 16.3. The van der Waals surface area contributed by atoms with Crippen LogP contribution in [0.25, 0.3) is 0 Å². The third-order valence-electron chi connectivity index (χ3n) is 3.38. The van der Waals surface area contributed by atoms with Crippen molar-refractivity contribution in [1.82, 2.24) is 5.43 Å². The molecule has 0 heterocycles. The Morgan fingerprint density at radius 1 is 1.08 bits per heavy atom. The topological polar surface area (TPSA) is 64.1 Å². The Labute approximate surface area is 159 Å². The molecule has 2 aromatic rings. The zero-order valence-corrected chi connectivity index (χ0v) is 15.9. The lowest BCUT2D eigenvalue weighted by Gasteiger charge is -2.11. The van der Waals surface area contributed by atoms with Crippen LogP contribution < -0.4 is 25.0 Å². The summed E-state index contributed by atoms with van der Waals surface area (Å²) in [4.78, 5) is 0. The first-order valence-electron chi connectivity index (χ1n) is 8.21. The zero-order valence-electron chi connectivity index (χ0n) is 15.1. The van der Waals surface area contributed by atoms with Gasteiger partial charge in [0.15, 0.2) is 16.6 Å². The number of ether oxygens (including phenoxy) is 3. The summed E-state index contributed by atoms with van der Waals surface area (Å²) in [5.41, 5.74) is 4.42. The number of hydrogen-bond donors (Lipinski definition) is 2. The Morgan fingerprint density at radius 2 is 1.85 bits per heavy atom. The molecule has 0 aromatic heterocycles. The van der Waals surface area contributed by atoms with E-state index in [0.29, 0.717) is 29.0 Å². The van der Waals surface area contributed by atoms with Gasteiger partial charge in [0.05, 0.1) is 32.7 Å². The van der Waals surface area contributed by atoms with E-state index in [1.165, 1.54) is 0 Å². The maximum Gasteiger partial charge on any atom is 0.191 e. The average Bonchev–Trinajstić information content (AvgIpc) is 2.67. The Balaban J connectivity index is 1.98. The molecule has 2 aromatic carbocycles. The maximum atomic E-state index is 5.69. The van der Waals surface area contributed by atoms with Gasteiger partial charge in [-0.25, -0.2) is 0 Å². The van der Waals surface area contributed by atoms with Crippen molar-refractivity contribution in [2.75, 3.05) is 26.1 Å². The molecular formula is C19H23N3O3S. The molecule has 0 unspecified atom stereocenters. The predicted molar refractivity (Wildman–Crippen MR) is 109 cm³/mol. The number of para-hydroxylation sites is 2. The van der Waals surface area contributed by atoms with Crippen LogP contribution in [0.2, 0.25) is 0 Å². The highest BCUT2D eigenvalue weighted by Crippen LogP contribution is 2.27. The van der Waals surface area contributed by atoms with Crippen molar-refractivity contribution in [3.63, 3.8) is 0 Å². The quantitative estimate of drug-likeness (QED) is 0.417. The number of hydrazone groups is 1. The Morgan fingerprint density at radius 3 is 2.58 bits per heavy atom. The van der Waals surface area contributed by atoms with E-state index >= 15 is 0 Å². The molecule has 0 radical (unpaired) electrons. The molecule has 6 nitrogen and oxygen atoms in total. The number of hydrogen-bond acceptors (Lipinski definition) is 5. The molecule has 0 saturated carbocycles. The molecule has 0 aliphatic heterocycles. The van der Waals surface area contributed by atoms with Crippen molar-refractivity contribution < 1.29 is 14.2 Å². The number of rotatable bonds is 8. The van der Waals surface area contributed by atoms with Crippen molar-refractivity contribution in [3.05, 3.63) is 48.0 Å². The van der Waals surface area contributed by atoms with Crippen LogP contribution in [0.3, 0.4) is 0 Å². The van der Waals surface area contributed by atoms with Crippen LogP contribution in [0.1, 0.15) is 18.9 Å². The Bertz CT molecular complexity index is 765. The molecule has 0 spiro atoms. The van der Waals surface area contributed by atoms with E-state index in [4.69, 9.17) is 26.4 Å². The molecule has 26 heavy (non-hydrogen) atoms.